The number of likely N-dealkylation sites (tertiary alicyclic amines) is 1. The molecule has 0 radical (unpaired) electrons. The van der Waals surface area contributed by atoms with Crippen molar-refractivity contribution in [1.29, 1.82) is 0 Å². The van der Waals surface area contributed by atoms with E-state index in [9.17, 15) is 0 Å². The smallest absolute Gasteiger partial charge is 0.00191 e. The molecule has 1 fully saturated rings. The second-order valence-corrected chi connectivity index (χ2v) is 4.93. The van der Waals surface area contributed by atoms with Crippen LogP contribution in [-0.2, 0) is 0 Å². The number of hydrogen-bond donors (Lipinski definition) is 1. The molecule has 0 saturated carbocycles. The molecule has 2 heteroatoms. The van der Waals surface area contributed by atoms with Crippen molar-refractivity contribution in [2.24, 2.45) is 11.7 Å². The quantitative estimate of drug-likeness (QED) is 0.762. The Bertz CT molecular complexity index is 213. The molecule has 0 aromatic heterocycles. The van der Waals surface area contributed by atoms with E-state index in [1.807, 2.05) is 12.2 Å². The van der Waals surface area contributed by atoms with Gasteiger partial charge in [-0.2, -0.15) is 0 Å². The van der Waals surface area contributed by atoms with Gasteiger partial charge in [-0.1, -0.05) is 31.2 Å². The van der Waals surface area contributed by atoms with Gasteiger partial charge in [0.15, 0.2) is 0 Å². The zero-order valence-corrected chi connectivity index (χ0v) is 11.9. The van der Waals surface area contributed by atoms with Crippen LogP contribution in [0.4, 0.5) is 0 Å². The molecule has 17 heavy (non-hydrogen) atoms. The minimum atomic E-state index is 0.869. The lowest BCUT2D eigenvalue weighted by atomic mass is 9.94. The molecule has 0 unspecified atom stereocenters. The largest absolute Gasteiger partial charge is 0.330 e. The van der Waals surface area contributed by atoms with E-state index < -0.39 is 0 Å². The molecule has 1 rings (SSSR count). The number of nitrogens with zero attached hydrogens (tertiary/aromatic N) is 1. The zero-order chi connectivity index (χ0) is 13.1. The predicted molar refractivity (Wildman–Crippen MR) is 78.1 cm³/mol. The van der Waals surface area contributed by atoms with Gasteiger partial charge in [-0.15, -0.1) is 0 Å². The van der Waals surface area contributed by atoms with Crippen LogP contribution < -0.4 is 5.73 Å². The van der Waals surface area contributed by atoms with E-state index in [1.165, 1.54) is 37.9 Å². The maximum absolute atomic E-state index is 5.48. The summed E-state index contributed by atoms with van der Waals surface area (Å²) in [7, 11) is 2.19. The highest BCUT2D eigenvalue weighted by Crippen LogP contribution is 2.18. The van der Waals surface area contributed by atoms with Gasteiger partial charge < -0.3 is 10.6 Å². The third-order valence-corrected chi connectivity index (χ3v) is 3.37. The fraction of sp³-hybridized carbons (Fsp3) is 0.733. The molecule has 0 aliphatic carbocycles. The van der Waals surface area contributed by atoms with Gasteiger partial charge >= 0.3 is 0 Å². The summed E-state index contributed by atoms with van der Waals surface area (Å²) >= 11 is 0. The van der Waals surface area contributed by atoms with E-state index in [0.717, 1.165) is 18.9 Å². The monoisotopic (exact) mass is 238 g/mol. The first-order valence-electron chi connectivity index (χ1n) is 6.80. The van der Waals surface area contributed by atoms with Gasteiger partial charge in [0.25, 0.3) is 0 Å². The Morgan fingerprint density at radius 1 is 1.41 bits per heavy atom. The van der Waals surface area contributed by atoms with Crippen LogP contribution in [-0.4, -0.2) is 31.6 Å². The molecule has 1 aliphatic heterocycles. The standard InChI is InChI=1S/C8H18N2.C7H12/c1-10-6-3-8(2-5-9)4-7-10;1-4-6-7(3)5-2/h8H,2-7,9H2,1H3;4,6H,1,5H2,2-3H3/b;7-6+. The number of hydrogen-bond acceptors (Lipinski definition) is 2. The molecule has 2 nitrogen and oxygen atoms in total. The fourth-order valence-corrected chi connectivity index (χ4v) is 1.91. The molecule has 0 bridgehead atoms. The van der Waals surface area contributed by atoms with E-state index in [4.69, 9.17) is 5.73 Å². The number of rotatable bonds is 4. The summed E-state index contributed by atoms with van der Waals surface area (Å²) in [6, 6.07) is 0. The summed E-state index contributed by atoms with van der Waals surface area (Å²) in [5, 5.41) is 0. The Morgan fingerprint density at radius 3 is 2.35 bits per heavy atom. The predicted octanol–water partition coefficient (Wildman–Crippen LogP) is 3.21. The molecule has 0 spiro atoms. The van der Waals surface area contributed by atoms with E-state index in [0.29, 0.717) is 0 Å². The zero-order valence-electron chi connectivity index (χ0n) is 11.9. The third-order valence-electron chi connectivity index (χ3n) is 3.37. The highest BCUT2D eigenvalue weighted by molar-refractivity contribution is 5.06. The second-order valence-electron chi connectivity index (χ2n) is 4.93. The van der Waals surface area contributed by atoms with Crippen LogP contribution in [0.15, 0.2) is 24.3 Å². The van der Waals surface area contributed by atoms with Crippen molar-refractivity contribution in [3.8, 4) is 0 Å². The number of piperidine rings is 1. The molecule has 0 amide bonds. The Morgan fingerprint density at radius 2 is 2.00 bits per heavy atom. The summed E-state index contributed by atoms with van der Waals surface area (Å²) in [4.78, 5) is 2.40. The minimum Gasteiger partial charge on any atom is -0.330 e. The highest BCUT2D eigenvalue weighted by Gasteiger charge is 2.14. The Kier molecular flexibility index (Phi) is 10.2. The average molecular weight is 238 g/mol. The van der Waals surface area contributed by atoms with Crippen LogP contribution in [0.2, 0.25) is 0 Å². The molecule has 1 aliphatic rings. The SMILES string of the molecule is C=C/C=C(\C)CC.CN1CCC(CCN)CC1. The van der Waals surface area contributed by atoms with E-state index in [1.54, 1.807) is 0 Å². The molecule has 0 aromatic carbocycles. The van der Waals surface area contributed by atoms with Crippen molar-refractivity contribution >= 4 is 0 Å². The van der Waals surface area contributed by atoms with Crippen LogP contribution in [0, 0.1) is 5.92 Å². The van der Waals surface area contributed by atoms with E-state index in [2.05, 4.69) is 32.4 Å². The summed E-state index contributed by atoms with van der Waals surface area (Å²) in [5.41, 5.74) is 6.86. The maximum atomic E-state index is 5.48. The van der Waals surface area contributed by atoms with E-state index in [-0.39, 0.29) is 0 Å². The first-order valence-corrected chi connectivity index (χ1v) is 6.80. The van der Waals surface area contributed by atoms with Crippen molar-refractivity contribution < 1.29 is 0 Å². The topological polar surface area (TPSA) is 29.3 Å². The van der Waals surface area contributed by atoms with Crippen molar-refractivity contribution in [2.45, 2.75) is 39.5 Å². The lowest BCUT2D eigenvalue weighted by Gasteiger charge is -2.28. The molecule has 1 saturated heterocycles. The lowest BCUT2D eigenvalue weighted by Crippen LogP contribution is -2.30. The van der Waals surface area contributed by atoms with Gasteiger partial charge in [0, 0.05) is 0 Å². The highest BCUT2D eigenvalue weighted by atomic mass is 15.1. The molecule has 1 heterocycles. The van der Waals surface area contributed by atoms with Crippen molar-refractivity contribution in [1.82, 2.24) is 4.90 Å². The molecule has 2 N–H and O–H groups in total. The summed E-state index contributed by atoms with van der Waals surface area (Å²) < 4.78 is 0. The van der Waals surface area contributed by atoms with Crippen LogP contribution in [0.25, 0.3) is 0 Å². The maximum Gasteiger partial charge on any atom is -0.00191 e. The average Bonchev–Trinajstić information content (AvgIpc) is 2.33. The molecule has 100 valence electrons. The van der Waals surface area contributed by atoms with Gasteiger partial charge in [-0.05, 0) is 65.2 Å². The minimum absolute atomic E-state index is 0.869. The van der Waals surface area contributed by atoms with Crippen LogP contribution >= 0.6 is 0 Å². The van der Waals surface area contributed by atoms with Crippen LogP contribution in [0.5, 0.6) is 0 Å². The van der Waals surface area contributed by atoms with Crippen molar-refractivity contribution in [3.63, 3.8) is 0 Å². The number of nitrogens with two attached hydrogens (primary N) is 1. The Balaban J connectivity index is 0.000000325. The van der Waals surface area contributed by atoms with Gasteiger partial charge in [-0.3, -0.25) is 0 Å². The summed E-state index contributed by atoms with van der Waals surface area (Å²) in [6.07, 6.45) is 8.92. The summed E-state index contributed by atoms with van der Waals surface area (Å²) in [6.45, 7) is 11.2. The Hall–Kier alpha value is -0.600. The van der Waals surface area contributed by atoms with Crippen LogP contribution in [0.1, 0.15) is 39.5 Å². The molecule has 0 atom stereocenters. The fourth-order valence-electron chi connectivity index (χ4n) is 1.91. The van der Waals surface area contributed by atoms with Gasteiger partial charge in [0.05, 0.1) is 0 Å². The third kappa shape index (κ3) is 9.13. The first kappa shape index (κ1) is 16.4. The van der Waals surface area contributed by atoms with Crippen molar-refractivity contribution in [3.05, 3.63) is 24.3 Å². The first-order chi connectivity index (χ1) is 8.13. The van der Waals surface area contributed by atoms with Gasteiger partial charge in [-0.25, -0.2) is 0 Å². The number of allylic oxidation sites excluding steroid dienone is 3. The van der Waals surface area contributed by atoms with Gasteiger partial charge in [0.2, 0.25) is 0 Å². The normalized spacial score (nSPS) is 18.5. The summed E-state index contributed by atoms with van der Waals surface area (Å²) in [5.74, 6) is 0.918. The molecular formula is C15H30N2. The molecular weight excluding hydrogens is 208 g/mol. The Labute approximate surface area is 108 Å². The van der Waals surface area contributed by atoms with Crippen LogP contribution in [0.3, 0.4) is 0 Å². The van der Waals surface area contributed by atoms with Crippen molar-refractivity contribution in [2.75, 3.05) is 26.7 Å². The van der Waals surface area contributed by atoms with Gasteiger partial charge in [0.1, 0.15) is 0 Å². The lowest BCUT2D eigenvalue weighted by molar-refractivity contribution is 0.214. The van der Waals surface area contributed by atoms with E-state index >= 15 is 0 Å². The second kappa shape index (κ2) is 10.5. The molecule has 0 aromatic rings.